The van der Waals surface area contributed by atoms with Crippen LogP contribution in [0.4, 0.5) is 5.69 Å². The normalized spacial score (nSPS) is 11.8. The third-order valence-electron chi connectivity index (χ3n) is 1.74. The predicted molar refractivity (Wildman–Crippen MR) is 62.4 cm³/mol. The molecule has 0 saturated carbocycles. The molecule has 0 aliphatic heterocycles. The summed E-state index contributed by atoms with van der Waals surface area (Å²) in [6.45, 7) is 2.55. The lowest BCUT2D eigenvalue weighted by Gasteiger charge is -2.15. The second kappa shape index (κ2) is 5.24. The van der Waals surface area contributed by atoms with Crippen molar-refractivity contribution in [2.75, 3.05) is 26.0 Å². The first-order chi connectivity index (χ1) is 7.47. The van der Waals surface area contributed by atoms with Crippen LogP contribution < -0.4 is 10.1 Å². The summed E-state index contributed by atoms with van der Waals surface area (Å²) >= 11 is 0. The van der Waals surface area contributed by atoms with Gasteiger partial charge in [0.2, 0.25) is 0 Å². The number of hydrogen-bond acceptors (Lipinski definition) is 5. The van der Waals surface area contributed by atoms with E-state index in [1.807, 2.05) is 6.92 Å². The quantitative estimate of drug-likeness (QED) is 0.727. The Bertz CT molecular complexity index is 445. The van der Waals surface area contributed by atoms with Gasteiger partial charge in [-0.25, -0.2) is 13.4 Å². The van der Waals surface area contributed by atoms with Gasteiger partial charge in [0, 0.05) is 33.0 Å². The number of nitrogens with zero attached hydrogens (tertiary/aromatic N) is 2. The fourth-order valence-electron chi connectivity index (χ4n) is 1.22. The second-order valence-corrected chi connectivity index (χ2v) is 5.02. The highest BCUT2D eigenvalue weighted by Crippen LogP contribution is 2.18. The first-order valence-corrected chi connectivity index (χ1v) is 6.33. The molecule has 0 spiro atoms. The van der Waals surface area contributed by atoms with Crippen LogP contribution in [0.5, 0.6) is 0 Å². The molecule has 1 aromatic heterocycles. The number of pyridine rings is 1. The zero-order valence-corrected chi connectivity index (χ0v) is 10.4. The molecule has 0 amide bonds. The fraction of sp³-hybridized carbons (Fsp3) is 0.444. The number of nitrogens with one attached hydrogen (secondary N) is 2. The van der Waals surface area contributed by atoms with Gasteiger partial charge in [0.25, 0.3) is 10.0 Å². The molecule has 0 saturated heterocycles. The van der Waals surface area contributed by atoms with Gasteiger partial charge in [0.05, 0.1) is 5.69 Å². The predicted octanol–water partition coefficient (Wildman–Crippen LogP) is 0.268. The largest absolute Gasteiger partial charge is 0.384 e. The van der Waals surface area contributed by atoms with Crippen LogP contribution in [0.1, 0.15) is 6.92 Å². The maximum absolute atomic E-state index is 11.9. The van der Waals surface area contributed by atoms with Crippen molar-refractivity contribution >= 4 is 15.7 Å². The lowest BCUT2D eigenvalue weighted by Crippen LogP contribution is -2.36. The van der Waals surface area contributed by atoms with Gasteiger partial charge in [0.15, 0.2) is 0 Å². The molecule has 90 valence electrons. The van der Waals surface area contributed by atoms with E-state index in [0.29, 0.717) is 12.2 Å². The minimum atomic E-state index is -3.56. The third kappa shape index (κ3) is 3.16. The van der Waals surface area contributed by atoms with Gasteiger partial charge in [-0.1, -0.05) is 0 Å². The van der Waals surface area contributed by atoms with Crippen molar-refractivity contribution in [1.29, 1.82) is 0 Å². The number of anilines is 1. The summed E-state index contributed by atoms with van der Waals surface area (Å²) in [6, 6.07) is 1.63. The minimum absolute atomic E-state index is 0.144. The molecule has 0 unspecified atom stereocenters. The van der Waals surface area contributed by atoms with Crippen molar-refractivity contribution in [2.45, 2.75) is 11.8 Å². The summed E-state index contributed by atoms with van der Waals surface area (Å²) in [4.78, 5) is 6.33. The highest BCUT2D eigenvalue weighted by Gasteiger charge is 2.18. The van der Waals surface area contributed by atoms with Crippen molar-refractivity contribution in [3.05, 3.63) is 18.5 Å². The zero-order valence-electron chi connectivity index (χ0n) is 9.56. The van der Waals surface area contributed by atoms with E-state index in [1.165, 1.54) is 11.2 Å². The Morgan fingerprint density at radius 3 is 2.69 bits per heavy atom. The second-order valence-electron chi connectivity index (χ2n) is 3.39. The maximum Gasteiger partial charge on any atom is 0.257 e. The molecule has 6 nitrogen and oxygen atoms in total. The van der Waals surface area contributed by atoms with Crippen molar-refractivity contribution in [2.24, 2.45) is 0 Å². The number of hydrazine groups is 1. The summed E-state index contributed by atoms with van der Waals surface area (Å²) < 4.78 is 23.8. The van der Waals surface area contributed by atoms with E-state index >= 15 is 0 Å². The van der Waals surface area contributed by atoms with Crippen LogP contribution in [0.3, 0.4) is 0 Å². The Hall–Kier alpha value is -1.18. The molecule has 0 aliphatic rings. The molecule has 0 fully saturated rings. The summed E-state index contributed by atoms with van der Waals surface area (Å²) in [5, 5.41) is 4.35. The molecule has 0 atom stereocenters. The molecule has 0 radical (unpaired) electrons. The van der Waals surface area contributed by atoms with Crippen molar-refractivity contribution < 1.29 is 8.42 Å². The first kappa shape index (κ1) is 12.9. The van der Waals surface area contributed by atoms with Crippen molar-refractivity contribution in [3.63, 3.8) is 0 Å². The fourth-order valence-corrected chi connectivity index (χ4v) is 2.43. The molecular weight excluding hydrogens is 228 g/mol. The average molecular weight is 244 g/mol. The Labute approximate surface area is 95.7 Å². The van der Waals surface area contributed by atoms with E-state index < -0.39 is 10.0 Å². The topological polar surface area (TPSA) is 74.3 Å². The van der Waals surface area contributed by atoms with Crippen LogP contribution in [-0.4, -0.2) is 39.1 Å². The van der Waals surface area contributed by atoms with Crippen LogP contribution >= 0.6 is 0 Å². The maximum atomic E-state index is 11.9. The summed E-state index contributed by atoms with van der Waals surface area (Å²) in [5.41, 5.74) is 0.548. The molecule has 2 N–H and O–H groups in total. The standard InChI is InChI=1S/C9H16N4O2S/c1-4-11-8-5-6-10-7-9(8)16(14,15)12-13(2)3/h5-7,12H,4H2,1-3H3,(H,10,11). The van der Waals surface area contributed by atoms with E-state index in [4.69, 9.17) is 0 Å². The molecule has 7 heteroatoms. The average Bonchev–Trinajstić information content (AvgIpc) is 2.17. The Morgan fingerprint density at radius 1 is 1.44 bits per heavy atom. The Balaban J connectivity index is 3.11. The third-order valence-corrected chi connectivity index (χ3v) is 3.25. The van der Waals surface area contributed by atoms with Gasteiger partial charge < -0.3 is 5.32 Å². The molecular formula is C9H16N4O2S. The summed E-state index contributed by atoms with van der Waals surface area (Å²) in [7, 11) is -0.338. The monoisotopic (exact) mass is 244 g/mol. The molecule has 16 heavy (non-hydrogen) atoms. The molecule has 1 heterocycles. The van der Waals surface area contributed by atoms with Gasteiger partial charge in [-0.2, -0.15) is 0 Å². The number of aromatic nitrogens is 1. The van der Waals surface area contributed by atoms with E-state index in [9.17, 15) is 8.42 Å². The van der Waals surface area contributed by atoms with Gasteiger partial charge >= 0.3 is 0 Å². The molecule has 0 aromatic carbocycles. The van der Waals surface area contributed by atoms with Crippen LogP contribution in [0.2, 0.25) is 0 Å². The van der Waals surface area contributed by atoms with Gasteiger partial charge in [0.1, 0.15) is 4.90 Å². The Kier molecular flexibility index (Phi) is 4.22. The van der Waals surface area contributed by atoms with Crippen molar-refractivity contribution in [3.8, 4) is 0 Å². The van der Waals surface area contributed by atoms with Crippen LogP contribution in [0.25, 0.3) is 0 Å². The number of hydrogen-bond donors (Lipinski definition) is 2. The highest BCUT2D eigenvalue weighted by molar-refractivity contribution is 7.89. The molecule has 1 aromatic rings. The van der Waals surface area contributed by atoms with E-state index in [2.05, 4.69) is 15.1 Å². The summed E-state index contributed by atoms with van der Waals surface area (Å²) in [6.07, 6.45) is 2.87. The van der Waals surface area contributed by atoms with E-state index in [0.717, 1.165) is 0 Å². The number of rotatable bonds is 5. The highest BCUT2D eigenvalue weighted by atomic mass is 32.2. The lowest BCUT2D eigenvalue weighted by molar-refractivity contribution is 0.364. The SMILES string of the molecule is CCNc1ccncc1S(=O)(=O)NN(C)C. The van der Waals surface area contributed by atoms with E-state index in [1.54, 1.807) is 26.4 Å². The van der Waals surface area contributed by atoms with Gasteiger partial charge in [-0.3, -0.25) is 4.98 Å². The molecule has 0 bridgehead atoms. The van der Waals surface area contributed by atoms with E-state index in [-0.39, 0.29) is 4.90 Å². The van der Waals surface area contributed by atoms with Crippen LogP contribution in [0.15, 0.2) is 23.4 Å². The van der Waals surface area contributed by atoms with Crippen LogP contribution in [-0.2, 0) is 10.0 Å². The zero-order chi connectivity index (χ0) is 12.2. The molecule has 1 rings (SSSR count). The van der Waals surface area contributed by atoms with Crippen molar-refractivity contribution in [1.82, 2.24) is 14.8 Å². The van der Waals surface area contributed by atoms with Gasteiger partial charge in [-0.05, 0) is 13.0 Å². The Morgan fingerprint density at radius 2 is 2.12 bits per heavy atom. The minimum Gasteiger partial charge on any atom is -0.384 e. The summed E-state index contributed by atoms with van der Waals surface area (Å²) in [5.74, 6) is 0. The van der Waals surface area contributed by atoms with Crippen LogP contribution in [0, 0.1) is 0 Å². The lowest BCUT2D eigenvalue weighted by atomic mass is 10.4. The molecule has 0 aliphatic carbocycles. The smallest absolute Gasteiger partial charge is 0.257 e. The van der Waals surface area contributed by atoms with Gasteiger partial charge in [-0.15, -0.1) is 4.83 Å². The number of sulfonamides is 1. The first-order valence-electron chi connectivity index (χ1n) is 4.85.